The van der Waals surface area contributed by atoms with Gasteiger partial charge in [0.1, 0.15) is 17.1 Å². The molecular weight excluding hydrogens is 686 g/mol. The molecule has 0 radical (unpaired) electrons. The Bertz CT molecular complexity index is 1540. The standard InChI is InChI=1S/C23H33F2N3O3.C14H18F2N2O3/c1-15(2)23(7-3-18(12-23)27-17-5-9-30-10-6-17)21(29)28-8-4-20-16(14-28)11-19(13-26-20)31-22(24)25;1-14(2,3)21-13(19)18-5-4-11-9(8-18)6-10(7-17-11)20-12(15)16/h11,13,15,17-18,22,27H,3-10,12,14H2,1-2H3;6-7,12H,4-5,8H2,1-3H3/t18-,23+;/m1./s1. The summed E-state index contributed by atoms with van der Waals surface area (Å²) in [6.45, 7) is 7.26. The van der Waals surface area contributed by atoms with Crippen LogP contribution in [0.5, 0.6) is 11.5 Å². The van der Waals surface area contributed by atoms with E-state index in [0.717, 1.165) is 62.3 Å². The Morgan fingerprint density at radius 3 is 1.92 bits per heavy atom. The van der Waals surface area contributed by atoms with Gasteiger partial charge in [-0.05, 0) is 82.1 Å². The Morgan fingerprint density at radius 1 is 0.865 bits per heavy atom. The van der Waals surface area contributed by atoms with Crippen LogP contribution in [-0.2, 0) is 40.2 Å². The Morgan fingerprint density at radius 2 is 1.40 bits per heavy atom. The largest absolute Gasteiger partial charge is 0.444 e. The van der Waals surface area contributed by atoms with Crippen molar-refractivity contribution in [2.45, 2.75) is 124 Å². The van der Waals surface area contributed by atoms with Gasteiger partial charge in [-0.25, -0.2) is 4.79 Å². The third-order valence-corrected chi connectivity index (χ3v) is 10.2. The number of aromatic nitrogens is 2. The molecular formula is C37H51F4N5O6. The molecule has 288 valence electrons. The zero-order valence-corrected chi connectivity index (χ0v) is 30.6. The van der Waals surface area contributed by atoms with Crippen LogP contribution in [0.3, 0.4) is 0 Å². The topological polar surface area (TPSA) is 115 Å². The molecule has 0 aromatic carbocycles. The highest BCUT2D eigenvalue weighted by Gasteiger charge is 2.49. The summed E-state index contributed by atoms with van der Waals surface area (Å²) in [5.74, 6) is 0.456. The van der Waals surface area contributed by atoms with Crippen LogP contribution in [0.4, 0.5) is 22.4 Å². The van der Waals surface area contributed by atoms with E-state index in [0.29, 0.717) is 50.1 Å². The van der Waals surface area contributed by atoms with Crippen molar-refractivity contribution < 1.29 is 46.1 Å². The molecule has 5 heterocycles. The van der Waals surface area contributed by atoms with Crippen molar-refractivity contribution >= 4 is 12.0 Å². The third kappa shape index (κ3) is 10.2. The Labute approximate surface area is 302 Å². The van der Waals surface area contributed by atoms with E-state index in [1.54, 1.807) is 26.8 Å². The molecule has 2 atom stereocenters. The molecule has 0 spiro atoms. The molecule has 4 aliphatic rings. The number of pyridine rings is 2. The maximum Gasteiger partial charge on any atom is 0.410 e. The quantitative estimate of drug-likeness (QED) is 0.303. The van der Waals surface area contributed by atoms with Crippen LogP contribution in [0.1, 0.15) is 89.2 Å². The molecule has 11 nitrogen and oxygen atoms in total. The third-order valence-electron chi connectivity index (χ3n) is 10.2. The molecule has 2 aromatic rings. The van der Waals surface area contributed by atoms with Crippen LogP contribution in [-0.4, -0.2) is 89.0 Å². The van der Waals surface area contributed by atoms with E-state index in [4.69, 9.17) is 9.47 Å². The molecule has 52 heavy (non-hydrogen) atoms. The Hall–Kier alpha value is -3.72. The van der Waals surface area contributed by atoms with Crippen LogP contribution in [0, 0.1) is 11.3 Å². The van der Waals surface area contributed by atoms with E-state index >= 15 is 0 Å². The first-order valence-electron chi connectivity index (χ1n) is 18.1. The van der Waals surface area contributed by atoms with E-state index in [1.807, 2.05) is 4.90 Å². The summed E-state index contributed by atoms with van der Waals surface area (Å²) in [5.41, 5.74) is 2.18. The van der Waals surface area contributed by atoms with E-state index in [1.165, 1.54) is 23.4 Å². The van der Waals surface area contributed by atoms with E-state index in [-0.39, 0.29) is 35.3 Å². The lowest BCUT2D eigenvalue weighted by atomic mass is 9.74. The van der Waals surface area contributed by atoms with E-state index < -0.39 is 24.9 Å². The van der Waals surface area contributed by atoms with Crippen LogP contribution >= 0.6 is 0 Å². The normalized spacial score (nSPS) is 22.1. The molecule has 0 bridgehead atoms. The van der Waals surface area contributed by atoms with Crippen LogP contribution < -0.4 is 14.8 Å². The van der Waals surface area contributed by atoms with Crippen molar-refractivity contribution in [3.05, 3.63) is 47.0 Å². The molecule has 1 saturated carbocycles. The lowest BCUT2D eigenvalue weighted by Crippen LogP contribution is -2.49. The van der Waals surface area contributed by atoms with E-state index in [9.17, 15) is 27.2 Å². The number of nitrogens with zero attached hydrogens (tertiary/aromatic N) is 4. The van der Waals surface area contributed by atoms with Gasteiger partial charge in [0.25, 0.3) is 0 Å². The number of carbonyl (C=O) groups is 2. The number of hydrogen-bond acceptors (Lipinski definition) is 9. The summed E-state index contributed by atoms with van der Waals surface area (Å²) in [6.07, 6.45) is 8.15. The number of ether oxygens (including phenoxy) is 4. The molecule has 0 unspecified atom stereocenters. The van der Waals surface area contributed by atoms with E-state index in [2.05, 4.69) is 38.6 Å². The minimum atomic E-state index is -2.89. The first kappa shape index (κ1) is 39.5. The van der Waals surface area contributed by atoms with Crippen LogP contribution in [0.15, 0.2) is 24.5 Å². The smallest absolute Gasteiger partial charge is 0.410 e. The number of carbonyl (C=O) groups excluding carboxylic acids is 2. The zero-order valence-electron chi connectivity index (χ0n) is 30.6. The van der Waals surface area contributed by atoms with Gasteiger partial charge >= 0.3 is 19.3 Å². The molecule has 1 saturated heterocycles. The number of halogens is 4. The van der Waals surface area contributed by atoms with Gasteiger partial charge in [-0.3, -0.25) is 14.8 Å². The van der Waals surface area contributed by atoms with Crippen molar-refractivity contribution in [1.29, 1.82) is 0 Å². The summed E-state index contributed by atoms with van der Waals surface area (Å²) in [5, 5.41) is 3.78. The van der Waals surface area contributed by atoms with Crippen LogP contribution in [0.25, 0.3) is 0 Å². The maximum absolute atomic E-state index is 13.8. The lowest BCUT2D eigenvalue weighted by molar-refractivity contribution is -0.146. The number of nitrogens with one attached hydrogen (secondary N) is 1. The number of amides is 2. The van der Waals surface area contributed by atoms with Gasteiger partial charge in [-0.15, -0.1) is 0 Å². The maximum atomic E-state index is 13.8. The summed E-state index contributed by atoms with van der Waals surface area (Å²) in [7, 11) is 0. The molecule has 15 heteroatoms. The molecule has 3 aliphatic heterocycles. The lowest BCUT2D eigenvalue weighted by Gasteiger charge is -2.39. The zero-order chi connectivity index (χ0) is 37.6. The summed E-state index contributed by atoms with van der Waals surface area (Å²) < 4.78 is 69.2. The predicted molar refractivity (Wildman–Crippen MR) is 183 cm³/mol. The minimum absolute atomic E-state index is 0.00483. The summed E-state index contributed by atoms with van der Waals surface area (Å²) in [6, 6.07) is 3.91. The molecule has 2 fully saturated rings. The fraction of sp³-hybridized carbons (Fsp3) is 0.676. The highest BCUT2D eigenvalue weighted by Crippen LogP contribution is 2.47. The first-order chi connectivity index (χ1) is 24.6. The van der Waals surface area contributed by atoms with Crippen molar-refractivity contribution in [2.24, 2.45) is 11.3 Å². The van der Waals surface area contributed by atoms with Crippen molar-refractivity contribution in [1.82, 2.24) is 25.1 Å². The van der Waals surface area contributed by atoms with Gasteiger partial charge in [0, 0.05) is 69.2 Å². The SMILES string of the molecule is CC(C)(C)OC(=O)N1CCc2ncc(OC(F)F)cc2C1.CC(C)[C@]1(C(=O)N2CCc3ncc(OC(F)F)cc3C2)CC[C@@H](NC2CCOCC2)C1. The number of alkyl halides is 4. The highest BCUT2D eigenvalue weighted by molar-refractivity contribution is 5.84. The second kappa shape index (κ2) is 17.0. The summed E-state index contributed by atoms with van der Waals surface area (Å²) in [4.78, 5) is 37.6. The second-order valence-electron chi connectivity index (χ2n) is 15.2. The van der Waals surface area contributed by atoms with Gasteiger partial charge < -0.3 is 34.1 Å². The molecule has 1 aliphatic carbocycles. The Kier molecular flexibility index (Phi) is 12.9. The molecule has 1 N–H and O–H groups in total. The predicted octanol–water partition coefficient (Wildman–Crippen LogP) is 6.51. The van der Waals surface area contributed by atoms with Gasteiger partial charge in [0.2, 0.25) is 5.91 Å². The van der Waals surface area contributed by atoms with Gasteiger partial charge in [-0.1, -0.05) is 13.8 Å². The van der Waals surface area contributed by atoms with Gasteiger partial charge in [0.15, 0.2) is 0 Å². The van der Waals surface area contributed by atoms with Crippen molar-refractivity contribution in [3.63, 3.8) is 0 Å². The second-order valence-corrected chi connectivity index (χ2v) is 15.2. The molecule has 2 aromatic heterocycles. The monoisotopic (exact) mass is 737 g/mol. The number of fused-ring (bicyclic) bond motifs is 2. The van der Waals surface area contributed by atoms with Gasteiger partial charge in [0.05, 0.1) is 24.4 Å². The highest BCUT2D eigenvalue weighted by atomic mass is 19.3. The number of hydrogen-bond donors (Lipinski definition) is 1. The van der Waals surface area contributed by atoms with Crippen LogP contribution in [0.2, 0.25) is 0 Å². The molecule has 6 rings (SSSR count). The average molecular weight is 738 g/mol. The fourth-order valence-corrected chi connectivity index (χ4v) is 7.49. The summed E-state index contributed by atoms with van der Waals surface area (Å²) >= 11 is 0. The first-order valence-corrected chi connectivity index (χ1v) is 18.1. The molecule has 2 amide bonds. The van der Waals surface area contributed by atoms with Gasteiger partial charge in [-0.2, -0.15) is 17.6 Å². The minimum Gasteiger partial charge on any atom is -0.444 e. The van der Waals surface area contributed by atoms with Crippen molar-refractivity contribution in [3.8, 4) is 11.5 Å². The average Bonchev–Trinajstić information content (AvgIpc) is 3.52. The Balaban J connectivity index is 0.000000217. The fourth-order valence-electron chi connectivity index (χ4n) is 7.49. The van der Waals surface area contributed by atoms with Crippen molar-refractivity contribution in [2.75, 3.05) is 26.3 Å². The number of rotatable bonds is 8.